The molecule has 142 valence electrons. The Morgan fingerprint density at radius 2 is 1.81 bits per heavy atom. The number of hydrogen-bond donors (Lipinski definition) is 2. The highest BCUT2D eigenvalue weighted by molar-refractivity contribution is 6.06. The molecule has 0 saturated heterocycles. The summed E-state index contributed by atoms with van der Waals surface area (Å²) in [6, 6.07) is 9.14. The molecule has 1 aliphatic rings. The number of amides is 2. The molecule has 9 heteroatoms. The standard InChI is InChI=1S/C18H16F3N3O3/c19-18(20,21)10-27-17-14(2-1-9-22-17)16(26)24-12-5-3-11(4-6-12)15(25)23-13-7-8-13/h1-6,9,13H,7-8,10H2,(H,23,25)(H,24,26). The number of pyridine rings is 1. The number of nitrogens with one attached hydrogen (secondary N) is 2. The quantitative estimate of drug-likeness (QED) is 0.808. The van der Waals surface area contributed by atoms with Gasteiger partial charge in [-0.25, -0.2) is 4.98 Å². The summed E-state index contributed by atoms with van der Waals surface area (Å²) in [4.78, 5) is 28.0. The van der Waals surface area contributed by atoms with Crippen molar-refractivity contribution in [1.82, 2.24) is 10.3 Å². The molecular formula is C18H16F3N3O3. The number of benzene rings is 1. The van der Waals surface area contributed by atoms with E-state index in [9.17, 15) is 22.8 Å². The molecule has 1 fully saturated rings. The normalized spacial score (nSPS) is 13.7. The Kier molecular flexibility index (Phi) is 5.29. The monoisotopic (exact) mass is 379 g/mol. The van der Waals surface area contributed by atoms with Gasteiger partial charge in [0.05, 0.1) is 0 Å². The van der Waals surface area contributed by atoms with Gasteiger partial charge in [0.1, 0.15) is 5.56 Å². The van der Waals surface area contributed by atoms with E-state index in [0.29, 0.717) is 11.3 Å². The Morgan fingerprint density at radius 1 is 1.11 bits per heavy atom. The van der Waals surface area contributed by atoms with E-state index in [-0.39, 0.29) is 17.5 Å². The first-order valence-corrected chi connectivity index (χ1v) is 8.19. The van der Waals surface area contributed by atoms with Gasteiger partial charge >= 0.3 is 6.18 Å². The SMILES string of the molecule is O=C(NC1CC1)c1ccc(NC(=O)c2cccnc2OCC(F)(F)F)cc1. The van der Waals surface area contributed by atoms with Crippen LogP contribution in [0.3, 0.4) is 0 Å². The Hall–Kier alpha value is -3.10. The zero-order valence-corrected chi connectivity index (χ0v) is 14.0. The highest BCUT2D eigenvalue weighted by atomic mass is 19.4. The molecule has 1 saturated carbocycles. The van der Waals surface area contributed by atoms with Gasteiger partial charge < -0.3 is 15.4 Å². The van der Waals surface area contributed by atoms with Crippen LogP contribution in [-0.2, 0) is 0 Å². The van der Waals surface area contributed by atoms with E-state index in [1.807, 2.05) is 0 Å². The number of rotatable bonds is 6. The van der Waals surface area contributed by atoms with E-state index in [4.69, 9.17) is 0 Å². The molecule has 1 heterocycles. The molecule has 1 aromatic carbocycles. The second-order valence-electron chi connectivity index (χ2n) is 6.04. The molecule has 0 aliphatic heterocycles. The van der Waals surface area contributed by atoms with E-state index >= 15 is 0 Å². The summed E-state index contributed by atoms with van der Waals surface area (Å²) in [7, 11) is 0. The van der Waals surface area contributed by atoms with Gasteiger partial charge in [0.15, 0.2) is 6.61 Å². The van der Waals surface area contributed by atoms with Crippen molar-refractivity contribution in [3.05, 3.63) is 53.7 Å². The molecule has 0 atom stereocenters. The molecule has 0 radical (unpaired) electrons. The summed E-state index contributed by atoms with van der Waals surface area (Å²) in [6.45, 7) is -1.55. The summed E-state index contributed by atoms with van der Waals surface area (Å²) in [5, 5.41) is 5.39. The molecule has 0 bridgehead atoms. The average Bonchev–Trinajstić information content (AvgIpc) is 3.44. The number of nitrogens with zero attached hydrogens (tertiary/aromatic N) is 1. The first kappa shape index (κ1) is 18.7. The second-order valence-corrected chi connectivity index (χ2v) is 6.04. The number of carbonyl (C=O) groups excluding carboxylic acids is 2. The number of alkyl halides is 3. The van der Waals surface area contributed by atoms with Crippen LogP contribution in [0.25, 0.3) is 0 Å². The van der Waals surface area contributed by atoms with Crippen LogP contribution >= 0.6 is 0 Å². The lowest BCUT2D eigenvalue weighted by Gasteiger charge is -2.12. The molecule has 0 unspecified atom stereocenters. The lowest BCUT2D eigenvalue weighted by Crippen LogP contribution is -2.25. The predicted molar refractivity (Wildman–Crippen MR) is 90.7 cm³/mol. The minimum absolute atomic E-state index is 0.127. The molecule has 2 amide bonds. The van der Waals surface area contributed by atoms with E-state index in [2.05, 4.69) is 20.4 Å². The number of ether oxygens (including phenoxy) is 1. The molecule has 27 heavy (non-hydrogen) atoms. The van der Waals surface area contributed by atoms with Crippen LogP contribution in [0, 0.1) is 0 Å². The van der Waals surface area contributed by atoms with Gasteiger partial charge in [0.2, 0.25) is 5.88 Å². The summed E-state index contributed by atoms with van der Waals surface area (Å²) < 4.78 is 41.6. The Labute approximate surface area is 152 Å². The average molecular weight is 379 g/mol. The first-order valence-electron chi connectivity index (χ1n) is 8.19. The van der Waals surface area contributed by atoms with Crippen molar-refractivity contribution in [3.8, 4) is 5.88 Å². The topological polar surface area (TPSA) is 80.3 Å². The largest absolute Gasteiger partial charge is 0.467 e. The Bertz CT molecular complexity index is 834. The van der Waals surface area contributed by atoms with Crippen molar-refractivity contribution in [3.63, 3.8) is 0 Å². The molecule has 1 aliphatic carbocycles. The third-order valence-corrected chi connectivity index (χ3v) is 3.71. The van der Waals surface area contributed by atoms with Crippen LogP contribution in [0.1, 0.15) is 33.6 Å². The fraction of sp³-hybridized carbons (Fsp3) is 0.278. The van der Waals surface area contributed by atoms with E-state index < -0.39 is 24.6 Å². The smallest absolute Gasteiger partial charge is 0.422 e. The summed E-state index contributed by atoms with van der Waals surface area (Å²) in [6.07, 6.45) is -1.36. The van der Waals surface area contributed by atoms with Crippen molar-refractivity contribution in [2.45, 2.75) is 25.1 Å². The highest BCUT2D eigenvalue weighted by Gasteiger charge is 2.29. The van der Waals surface area contributed by atoms with Crippen molar-refractivity contribution < 1.29 is 27.5 Å². The number of anilines is 1. The van der Waals surface area contributed by atoms with Gasteiger partial charge in [0, 0.05) is 23.5 Å². The predicted octanol–water partition coefficient (Wildman–Crippen LogP) is 3.17. The maximum atomic E-state index is 12.3. The molecule has 2 aromatic rings. The maximum Gasteiger partial charge on any atom is 0.422 e. The van der Waals surface area contributed by atoms with Gasteiger partial charge in [-0.1, -0.05) is 0 Å². The van der Waals surface area contributed by atoms with Crippen molar-refractivity contribution in [1.29, 1.82) is 0 Å². The van der Waals surface area contributed by atoms with Crippen LogP contribution in [-0.4, -0.2) is 35.6 Å². The third-order valence-electron chi connectivity index (χ3n) is 3.71. The lowest BCUT2D eigenvalue weighted by atomic mass is 10.2. The van der Waals surface area contributed by atoms with Gasteiger partial charge in [-0.2, -0.15) is 13.2 Å². The third kappa shape index (κ3) is 5.44. The molecule has 0 spiro atoms. The number of carbonyl (C=O) groups is 2. The minimum Gasteiger partial charge on any atom is -0.467 e. The van der Waals surface area contributed by atoms with Gasteiger partial charge in [-0.3, -0.25) is 9.59 Å². The van der Waals surface area contributed by atoms with E-state index in [1.54, 1.807) is 12.1 Å². The highest BCUT2D eigenvalue weighted by Crippen LogP contribution is 2.22. The number of aromatic nitrogens is 1. The summed E-state index contributed by atoms with van der Waals surface area (Å²) >= 11 is 0. The van der Waals surface area contributed by atoms with Crippen molar-refractivity contribution >= 4 is 17.5 Å². The van der Waals surface area contributed by atoms with Crippen LogP contribution < -0.4 is 15.4 Å². The fourth-order valence-corrected chi connectivity index (χ4v) is 2.23. The van der Waals surface area contributed by atoms with Crippen LogP contribution in [0.15, 0.2) is 42.6 Å². The molecule has 1 aromatic heterocycles. The van der Waals surface area contributed by atoms with Crippen LogP contribution in [0.4, 0.5) is 18.9 Å². The molecule has 3 rings (SSSR count). The van der Waals surface area contributed by atoms with Crippen molar-refractivity contribution in [2.75, 3.05) is 11.9 Å². The molecular weight excluding hydrogens is 363 g/mol. The molecule has 6 nitrogen and oxygen atoms in total. The van der Waals surface area contributed by atoms with Gasteiger partial charge in [0.25, 0.3) is 11.8 Å². The van der Waals surface area contributed by atoms with E-state index in [0.717, 1.165) is 12.8 Å². The Balaban J connectivity index is 1.65. The number of halogens is 3. The Morgan fingerprint density at radius 3 is 2.44 bits per heavy atom. The van der Waals surface area contributed by atoms with Crippen LogP contribution in [0.5, 0.6) is 5.88 Å². The zero-order chi connectivity index (χ0) is 19.4. The van der Waals surface area contributed by atoms with Crippen molar-refractivity contribution in [2.24, 2.45) is 0 Å². The first-order chi connectivity index (χ1) is 12.8. The molecule has 2 N–H and O–H groups in total. The number of hydrogen-bond acceptors (Lipinski definition) is 4. The van der Waals surface area contributed by atoms with Gasteiger partial charge in [-0.05, 0) is 49.2 Å². The maximum absolute atomic E-state index is 12.3. The zero-order valence-electron chi connectivity index (χ0n) is 14.0. The van der Waals surface area contributed by atoms with E-state index in [1.165, 1.54) is 30.5 Å². The lowest BCUT2D eigenvalue weighted by molar-refractivity contribution is -0.154. The summed E-state index contributed by atoms with van der Waals surface area (Å²) in [5.74, 6) is -1.27. The summed E-state index contributed by atoms with van der Waals surface area (Å²) in [5.41, 5.74) is 0.710. The second kappa shape index (κ2) is 7.65. The minimum atomic E-state index is -4.54. The van der Waals surface area contributed by atoms with Gasteiger partial charge in [-0.15, -0.1) is 0 Å². The van der Waals surface area contributed by atoms with Crippen LogP contribution in [0.2, 0.25) is 0 Å². The fourth-order valence-electron chi connectivity index (χ4n) is 2.23.